The molecule has 0 unspecified atom stereocenters. The van der Waals surface area contributed by atoms with Gasteiger partial charge in [-0.05, 0) is 31.6 Å². The smallest absolute Gasteiger partial charge is 0.0465 e. The van der Waals surface area contributed by atoms with Crippen LogP contribution in [0.2, 0.25) is 0 Å². The summed E-state index contributed by atoms with van der Waals surface area (Å²) in [6.07, 6.45) is 10.6. The molecule has 0 saturated heterocycles. The number of aliphatic hydroxyl groups excluding tert-OH is 2. The second-order valence-electron chi connectivity index (χ2n) is 3.71. The summed E-state index contributed by atoms with van der Waals surface area (Å²) in [5, 5.41) is 17.4. The van der Waals surface area contributed by atoms with Gasteiger partial charge < -0.3 is 10.2 Å². The molecule has 2 heteroatoms. The van der Waals surface area contributed by atoms with Crippen LogP contribution in [-0.2, 0) is 0 Å². The van der Waals surface area contributed by atoms with Gasteiger partial charge in [-0.3, -0.25) is 0 Å². The number of unbranched alkanes of at least 4 members (excludes halogenated alkanes) is 1. The highest BCUT2D eigenvalue weighted by molar-refractivity contribution is 4.88. The minimum absolute atomic E-state index is 0.233. The van der Waals surface area contributed by atoms with E-state index in [-0.39, 0.29) is 13.2 Å². The number of rotatable bonds is 9. The Hall–Kier alpha value is -0.340. The Morgan fingerprint density at radius 1 is 1.07 bits per heavy atom. The molecule has 1 atom stereocenters. The van der Waals surface area contributed by atoms with Crippen LogP contribution in [0.1, 0.15) is 45.4 Å². The Morgan fingerprint density at radius 3 is 2.36 bits per heavy atom. The molecule has 2 N–H and O–H groups in total. The lowest BCUT2D eigenvalue weighted by molar-refractivity contribution is 0.274. The molecular formula is C12H24O2. The van der Waals surface area contributed by atoms with Crippen molar-refractivity contribution in [2.45, 2.75) is 45.4 Å². The van der Waals surface area contributed by atoms with E-state index in [0.29, 0.717) is 5.92 Å². The van der Waals surface area contributed by atoms with Crippen molar-refractivity contribution in [3.63, 3.8) is 0 Å². The standard InChI is InChI=1S/C12H24O2/c1-2-3-7-12(9-6-11-14)8-4-5-10-13/h4,8,12-14H,2-3,5-7,9-11H2,1H3/b8-4+/t12-/m1/s1. The van der Waals surface area contributed by atoms with Crippen molar-refractivity contribution in [1.29, 1.82) is 0 Å². The highest BCUT2D eigenvalue weighted by atomic mass is 16.3. The monoisotopic (exact) mass is 200 g/mol. The molecule has 0 aromatic carbocycles. The summed E-state index contributed by atoms with van der Waals surface area (Å²) in [4.78, 5) is 0. The molecule has 0 rings (SSSR count). The Morgan fingerprint density at radius 2 is 1.79 bits per heavy atom. The van der Waals surface area contributed by atoms with E-state index in [1.165, 1.54) is 19.3 Å². The van der Waals surface area contributed by atoms with Gasteiger partial charge in [0.2, 0.25) is 0 Å². The van der Waals surface area contributed by atoms with E-state index in [4.69, 9.17) is 10.2 Å². The molecule has 84 valence electrons. The zero-order valence-corrected chi connectivity index (χ0v) is 9.28. The second kappa shape index (κ2) is 10.7. The number of hydrogen-bond acceptors (Lipinski definition) is 2. The maximum Gasteiger partial charge on any atom is 0.0465 e. The van der Waals surface area contributed by atoms with Crippen molar-refractivity contribution < 1.29 is 10.2 Å². The topological polar surface area (TPSA) is 40.5 Å². The van der Waals surface area contributed by atoms with Gasteiger partial charge >= 0.3 is 0 Å². The van der Waals surface area contributed by atoms with Crippen LogP contribution in [0.25, 0.3) is 0 Å². The third-order valence-corrected chi connectivity index (χ3v) is 2.37. The summed E-state index contributed by atoms with van der Waals surface area (Å²) in [6.45, 7) is 2.72. The van der Waals surface area contributed by atoms with Gasteiger partial charge in [0.1, 0.15) is 0 Å². The first kappa shape index (κ1) is 13.7. The molecule has 0 amide bonds. The van der Waals surface area contributed by atoms with Gasteiger partial charge in [0, 0.05) is 13.2 Å². The molecule has 2 nitrogen and oxygen atoms in total. The van der Waals surface area contributed by atoms with Crippen LogP contribution < -0.4 is 0 Å². The van der Waals surface area contributed by atoms with Crippen LogP contribution in [0.4, 0.5) is 0 Å². The van der Waals surface area contributed by atoms with Gasteiger partial charge in [-0.15, -0.1) is 0 Å². The van der Waals surface area contributed by atoms with Gasteiger partial charge in [-0.2, -0.15) is 0 Å². The molecule has 0 aliphatic rings. The van der Waals surface area contributed by atoms with Crippen molar-refractivity contribution in [3.8, 4) is 0 Å². The second-order valence-corrected chi connectivity index (χ2v) is 3.71. The predicted octanol–water partition coefficient (Wildman–Crippen LogP) is 2.50. The first-order valence-electron chi connectivity index (χ1n) is 5.73. The minimum Gasteiger partial charge on any atom is -0.396 e. The molecule has 14 heavy (non-hydrogen) atoms. The summed E-state index contributed by atoms with van der Waals surface area (Å²) in [5.41, 5.74) is 0. The maximum atomic E-state index is 8.75. The van der Waals surface area contributed by atoms with Crippen LogP contribution in [0.5, 0.6) is 0 Å². The summed E-state index contributed by atoms with van der Waals surface area (Å²) in [7, 11) is 0. The highest BCUT2D eigenvalue weighted by Gasteiger charge is 2.03. The van der Waals surface area contributed by atoms with E-state index in [2.05, 4.69) is 19.1 Å². The Labute approximate surface area is 87.7 Å². The van der Waals surface area contributed by atoms with E-state index in [1.807, 2.05) is 0 Å². The molecule has 0 bridgehead atoms. The van der Waals surface area contributed by atoms with Gasteiger partial charge in [-0.1, -0.05) is 31.9 Å². The molecule has 0 aromatic rings. The maximum absolute atomic E-state index is 8.75. The number of aliphatic hydroxyl groups is 2. The molecule has 0 aliphatic heterocycles. The van der Waals surface area contributed by atoms with Crippen molar-refractivity contribution in [2.75, 3.05) is 13.2 Å². The third kappa shape index (κ3) is 8.27. The van der Waals surface area contributed by atoms with E-state index < -0.39 is 0 Å². The highest BCUT2D eigenvalue weighted by Crippen LogP contribution is 2.16. The number of hydrogen-bond donors (Lipinski definition) is 2. The molecule has 0 heterocycles. The van der Waals surface area contributed by atoms with Gasteiger partial charge in [0.25, 0.3) is 0 Å². The summed E-state index contributed by atoms with van der Waals surface area (Å²) in [6, 6.07) is 0. The Bertz CT molecular complexity index is 124. The fourth-order valence-corrected chi connectivity index (χ4v) is 1.52. The Balaban J connectivity index is 3.71. The molecule has 0 spiro atoms. The lowest BCUT2D eigenvalue weighted by Gasteiger charge is -2.10. The van der Waals surface area contributed by atoms with E-state index in [1.54, 1.807) is 0 Å². The van der Waals surface area contributed by atoms with Crippen LogP contribution in [0.15, 0.2) is 12.2 Å². The SMILES string of the molecule is CCCC[C@H](/C=C/CCO)CCCO. The summed E-state index contributed by atoms with van der Waals surface area (Å²) < 4.78 is 0. The summed E-state index contributed by atoms with van der Waals surface area (Å²) >= 11 is 0. The molecule has 0 aliphatic carbocycles. The van der Waals surface area contributed by atoms with Gasteiger partial charge in [-0.25, -0.2) is 0 Å². The quantitative estimate of drug-likeness (QED) is 0.561. The van der Waals surface area contributed by atoms with Crippen LogP contribution in [0, 0.1) is 5.92 Å². The van der Waals surface area contributed by atoms with Crippen molar-refractivity contribution in [3.05, 3.63) is 12.2 Å². The Kier molecular flexibility index (Phi) is 10.5. The first-order chi connectivity index (χ1) is 6.85. The van der Waals surface area contributed by atoms with Gasteiger partial charge in [0.15, 0.2) is 0 Å². The molecule has 0 radical (unpaired) electrons. The third-order valence-electron chi connectivity index (χ3n) is 2.37. The van der Waals surface area contributed by atoms with Gasteiger partial charge in [0.05, 0.1) is 0 Å². The normalized spacial score (nSPS) is 13.6. The van der Waals surface area contributed by atoms with E-state index in [0.717, 1.165) is 19.3 Å². The minimum atomic E-state index is 0.233. The molecule has 0 saturated carbocycles. The van der Waals surface area contributed by atoms with Crippen LogP contribution in [-0.4, -0.2) is 23.4 Å². The molecule has 0 fully saturated rings. The van der Waals surface area contributed by atoms with Crippen LogP contribution in [0.3, 0.4) is 0 Å². The largest absolute Gasteiger partial charge is 0.396 e. The first-order valence-corrected chi connectivity index (χ1v) is 5.73. The van der Waals surface area contributed by atoms with Crippen molar-refractivity contribution in [2.24, 2.45) is 5.92 Å². The van der Waals surface area contributed by atoms with E-state index in [9.17, 15) is 0 Å². The zero-order chi connectivity index (χ0) is 10.6. The van der Waals surface area contributed by atoms with E-state index >= 15 is 0 Å². The summed E-state index contributed by atoms with van der Waals surface area (Å²) in [5.74, 6) is 0.591. The van der Waals surface area contributed by atoms with Crippen molar-refractivity contribution >= 4 is 0 Å². The predicted molar refractivity (Wildman–Crippen MR) is 60.2 cm³/mol. The molecule has 0 aromatic heterocycles. The lowest BCUT2D eigenvalue weighted by atomic mass is 9.96. The lowest BCUT2D eigenvalue weighted by Crippen LogP contribution is -1.98. The number of allylic oxidation sites excluding steroid dienone is 1. The fourth-order valence-electron chi connectivity index (χ4n) is 1.52. The molecular weight excluding hydrogens is 176 g/mol. The average Bonchev–Trinajstić information content (AvgIpc) is 2.21. The zero-order valence-electron chi connectivity index (χ0n) is 9.28. The van der Waals surface area contributed by atoms with Crippen LogP contribution >= 0.6 is 0 Å². The van der Waals surface area contributed by atoms with Crippen molar-refractivity contribution in [1.82, 2.24) is 0 Å². The average molecular weight is 200 g/mol. The fraction of sp³-hybridized carbons (Fsp3) is 0.833.